The Morgan fingerprint density at radius 1 is 0.875 bits per heavy atom. The summed E-state index contributed by atoms with van der Waals surface area (Å²) < 4.78 is 0.990. The molecule has 0 aromatic rings. The lowest BCUT2D eigenvalue weighted by Gasteiger charge is -2.61. The fourth-order valence-electron chi connectivity index (χ4n) is 3.28. The van der Waals surface area contributed by atoms with Crippen LogP contribution in [0.4, 0.5) is 0 Å². The maximum absolute atomic E-state index is 6.22. The number of alkyl halides is 3. The first-order valence-corrected chi connectivity index (χ1v) is 6.82. The highest BCUT2D eigenvalue weighted by Crippen LogP contribution is 2.30. The van der Waals surface area contributed by atoms with E-state index in [0.29, 0.717) is 0 Å². The van der Waals surface area contributed by atoms with E-state index >= 15 is 0 Å². The summed E-state index contributed by atoms with van der Waals surface area (Å²) in [6.07, 6.45) is 0. The maximum Gasteiger partial charge on any atom is 0.139 e. The van der Waals surface area contributed by atoms with Crippen LogP contribution in [0.2, 0.25) is 0 Å². The Kier molecular flexibility index (Phi) is 3.04. The minimum Gasteiger partial charge on any atom is -0.285 e. The van der Waals surface area contributed by atoms with E-state index in [0.717, 1.165) is 51.0 Å². The molecule has 0 N–H and O–H groups in total. The topological polar surface area (TPSA) is 9.72 Å². The Morgan fingerprint density at radius 3 is 1.69 bits per heavy atom. The van der Waals surface area contributed by atoms with E-state index in [1.165, 1.54) is 0 Å². The zero-order valence-electron chi connectivity index (χ0n) is 9.03. The van der Waals surface area contributed by atoms with Gasteiger partial charge in [-0.2, -0.15) is 0 Å². The van der Waals surface area contributed by atoms with Gasteiger partial charge in [-0.05, 0) is 0 Å². The summed E-state index contributed by atoms with van der Waals surface area (Å²) in [6.45, 7) is 7.37. The Hall–Kier alpha value is 0.710. The van der Waals surface area contributed by atoms with Crippen molar-refractivity contribution in [3.05, 3.63) is 0 Å². The molecule has 0 aliphatic carbocycles. The number of hydrogen-bond acceptors (Lipinski definition) is 3. The lowest BCUT2D eigenvalue weighted by molar-refractivity contribution is -0.979. The van der Waals surface area contributed by atoms with Crippen molar-refractivity contribution >= 4 is 34.8 Å². The van der Waals surface area contributed by atoms with Crippen LogP contribution >= 0.6 is 34.8 Å². The van der Waals surface area contributed by atoms with E-state index in [9.17, 15) is 0 Å². The largest absolute Gasteiger partial charge is 0.285 e. The van der Waals surface area contributed by atoms with Crippen LogP contribution in [0.15, 0.2) is 0 Å². The van der Waals surface area contributed by atoms with Crippen LogP contribution in [0.3, 0.4) is 0 Å². The van der Waals surface area contributed by atoms with Crippen molar-refractivity contribution < 1.29 is 4.48 Å². The Bertz CT molecular complexity index is 251. The van der Waals surface area contributed by atoms with Gasteiger partial charge in [0.15, 0.2) is 0 Å². The molecule has 0 aromatic heterocycles. The molecule has 0 saturated carbocycles. The van der Waals surface area contributed by atoms with Gasteiger partial charge in [-0.3, -0.25) is 4.48 Å². The summed E-state index contributed by atoms with van der Waals surface area (Å²) in [5, 5.41) is -0.164. The van der Waals surface area contributed by atoms with E-state index in [-0.39, 0.29) is 5.38 Å². The van der Waals surface area contributed by atoms with Gasteiger partial charge in [0, 0.05) is 0 Å². The monoisotopic (exact) mass is 285 g/mol. The van der Waals surface area contributed by atoms with E-state index < -0.39 is 4.84 Å². The maximum atomic E-state index is 6.22. The summed E-state index contributed by atoms with van der Waals surface area (Å²) in [5.74, 6) is 0. The SMILES string of the molecule is ClC(Cl)C(Cl)C[N+]12CN3CN(CN(C3)C1)C2. The zero-order chi connectivity index (χ0) is 11.3. The molecule has 4 rings (SSSR count). The lowest BCUT2D eigenvalue weighted by Crippen LogP contribution is -2.80. The van der Waals surface area contributed by atoms with Gasteiger partial charge in [-0.1, -0.05) is 0 Å². The molecule has 1 atom stereocenters. The Balaban J connectivity index is 1.73. The molecular formula is C9H16Cl3N4+. The van der Waals surface area contributed by atoms with Gasteiger partial charge in [0.25, 0.3) is 0 Å². The molecule has 92 valence electrons. The molecule has 4 bridgehead atoms. The summed E-state index contributed by atoms with van der Waals surface area (Å²) in [7, 11) is 0. The second-order valence-corrected chi connectivity index (χ2v) is 6.96. The van der Waals surface area contributed by atoms with Crippen molar-refractivity contribution in [3.63, 3.8) is 0 Å². The molecule has 4 heterocycles. The van der Waals surface area contributed by atoms with Crippen LogP contribution < -0.4 is 0 Å². The quantitative estimate of drug-likeness (QED) is 0.564. The minimum absolute atomic E-state index is 0.164. The average Bonchev–Trinajstić information content (AvgIpc) is 2.13. The van der Waals surface area contributed by atoms with Gasteiger partial charge in [0.05, 0.1) is 20.0 Å². The molecule has 4 aliphatic heterocycles. The molecule has 7 heteroatoms. The smallest absolute Gasteiger partial charge is 0.139 e. The molecular weight excluding hydrogens is 270 g/mol. The van der Waals surface area contributed by atoms with Gasteiger partial charge in [0.2, 0.25) is 0 Å². The summed E-state index contributed by atoms with van der Waals surface area (Å²) >= 11 is 17.9. The normalized spacial score (nSPS) is 47.6. The van der Waals surface area contributed by atoms with Crippen LogP contribution in [0, 0.1) is 0 Å². The molecule has 1 unspecified atom stereocenters. The predicted octanol–water partition coefficient (Wildman–Crippen LogP) is 0.906. The summed E-state index contributed by atoms with van der Waals surface area (Å²) in [5.41, 5.74) is 0. The van der Waals surface area contributed by atoms with E-state index in [1.807, 2.05) is 0 Å². The number of quaternary nitrogens is 1. The molecule has 4 fully saturated rings. The molecule has 0 aromatic carbocycles. The Labute approximate surface area is 111 Å². The predicted molar refractivity (Wildman–Crippen MR) is 65.0 cm³/mol. The van der Waals surface area contributed by atoms with Gasteiger partial charge < -0.3 is 0 Å². The van der Waals surface area contributed by atoms with Crippen molar-refractivity contribution in [3.8, 4) is 0 Å². The van der Waals surface area contributed by atoms with Crippen LogP contribution in [-0.4, -0.2) is 76.0 Å². The lowest BCUT2D eigenvalue weighted by atomic mass is 10.2. The fraction of sp³-hybridized carbons (Fsp3) is 1.00. The van der Waals surface area contributed by atoms with Gasteiger partial charge >= 0.3 is 0 Å². The van der Waals surface area contributed by atoms with Gasteiger partial charge in [-0.15, -0.1) is 34.8 Å². The fourth-order valence-corrected chi connectivity index (χ4v) is 3.73. The number of halogens is 3. The number of rotatable bonds is 3. The second kappa shape index (κ2) is 4.12. The van der Waals surface area contributed by atoms with Gasteiger partial charge in [0.1, 0.15) is 36.8 Å². The van der Waals surface area contributed by atoms with Gasteiger partial charge in [-0.25, -0.2) is 14.7 Å². The third kappa shape index (κ3) is 2.05. The minimum atomic E-state index is -0.479. The summed E-state index contributed by atoms with van der Waals surface area (Å²) in [4.78, 5) is 6.89. The number of nitrogens with zero attached hydrogens (tertiary/aromatic N) is 4. The second-order valence-electron chi connectivity index (χ2n) is 5.24. The van der Waals surface area contributed by atoms with Crippen LogP contribution in [-0.2, 0) is 0 Å². The van der Waals surface area contributed by atoms with Crippen LogP contribution in [0.25, 0.3) is 0 Å². The molecule has 0 amide bonds. The van der Waals surface area contributed by atoms with Crippen molar-refractivity contribution in [2.45, 2.75) is 10.2 Å². The van der Waals surface area contributed by atoms with Crippen LogP contribution in [0.1, 0.15) is 0 Å². The molecule has 4 saturated heterocycles. The first-order chi connectivity index (χ1) is 7.56. The summed E-state index contributed by atoms with van der Waals surface area (Å²) in [6, 6.07) is 0. The average molecular weight is 287 g/mol. The van der Waals surface area contributed by atoms with Crippen molar-refractivity contribution in [2.75, 3.05) is 46.6 Å². The van der Waals surface area contributed by atoms with Crippen molar-refractivity contribution in [1.82, 2.24) is 14.7 Å². The van der Waals surface area contributed by atoms with Crippen LogP contribution in [0.5, 0.6) is 0 Å². The van der Waals surface area contributed by atoms with E-state index in [2.05, 4.69) is 14.7 Å². The number of hydrogen-bond donors (Lipinski definition) is 0. The van der Waals surface area contributed by atoms with Crippen molar-refractivity contribution in [1.29, 1.82) is 0 Å². The third-order valence-electron chi connectivity index (χ3n) is 3.54. The highest BCUT2D eigenvalue weighted by molar-refractivity contribution is 6.48. The molecule has 16 heavy (non-hydrogen) atoms. The highest BCUT2D eigenvalue weighted by Gasteiger charge is 2.49. The zero-order valence-corrected chi connectivity index (χ0v) is 11.3. The standard InChI is InChI=1S/C9H16Cl3N4/c10-8(9(11)12)1-16-5-13-2-14(6-16)4-15(3-13)7-16/h8-9H,1-7H2/q+1. The molecule has 4 nitrogen and oxygen atoms in total. The Morgan fingerprint density at radius 2 is 1.31 bits per heavy atom. The molecule has 0 spiro atoms. The highest BCUT2D eigenvalue weighted by atomic mass is 35.5. The molecule has 0 radical (unpaired) electrons. The molecule has 4 aliphatic rings. The van der Waals surface area contributed by atoms with E-state index in [4.69, 9.17) is 34.8 Å². The first kappa shape index (κ1) is 11.8. The van der Waals surface area contributed by atoms with Crippen molar-refractivity contribution in [2.24, 2.45) is 0 Å². The van der Waals surface area contributed by atoms with E-state index in [1.54, 1.807) is 0 Å². The first-order valence-electron chi connectivity index (χ1n) is 5.51. The third-order valence-corrected chi connectivity index (χ3v) is 4.79.